The number of halogens is 1. The Kier molecular flexibility index (Phi) is 4.31. The molecule has 1 aromatic heterocycles. The van der Waals surface area contributed by atoms with E-state index in [9.17, 15) is 4.79 Å². The summed E-state index contributed by atoms with van der Waals surface area (Å²) in [6.45, 7) is 0. The van der Waals surface area contributed by atoms with Gasteiger partial charge in [-0.15, -0.1) is 0 Å². The average molecular weight is 408 g/mol. The summed E-state index contributed by atoms with van der Waals surface area (Å²) in [6.07, 6.45) is 0. The number of nitriles is 1. The van der Waals surface area contributed by atoms with Crippen LogP contribution < -0.4 is 0 Å². The molecule has 0 bridgehead atoms. The Bertz CT molecular complexity index is 1470. The zero-order chi connectivity index (χ0) is 20.7. The molecule has 0 atom stereocenters. The highest BCUT2D eigenvalue weighted by molar-refractivity contribution is 6.31. The summed E-state index contributed by atoms with van der Waals surface area (Å²) in [5.74, 6) is 0.339. The molecule has 0 saturated carbocycles. The molecule has 0 aliphatic carbocycles. The van der Waals surface area contributed by atoms with Crippen LogP contribution >= 0.6 is 11.6 Å². The third kappa shape index (κ3) is 2.93. The minimum Gasteiger partial charge on any atom is -0.268 e. The molecule has 5 heteroatoms. The zero-order valence-electron chi connectivity index (χ0n) is 15.7. The van der Waals surface area contributed by atoms with E-state index in [1.165, 1.54) is 0 Å². The van der Waals surface area contributed by atoms with Crippen molar-refractivity contribution >= 4 is 39.3 Å². The summed E-state index contributed by atoms with van der Waals surface area (Å²) in [6, 6.07) is 28.0. The van der Waals surface area contributed by atoms with E-state index in [4.69, 9.17) is 21.8 Å². The van der Waals surface area contributed by atoms with Gasteiger partial charge in [0, 0.05) is 16.1 Å². The molecule has 4 nitrogen and oxygen atoms in total. The van der Waals surface area contributed by atoms with Gasteiger partial charge < -0.3 is 0 Å². The number of hydrogen-bond donors (Lipinski definition) is 0. The smallest absolute Gasteiger partial charge is 0.264 e. The monoisotopic (exact) mass is 407 g/mol. The molecule has 4 aromatic carbocycles. The maximum atomic E-state index is 13.5. The number of nitrogens with zero attached hydrogens (tertiary/aromatic N) is 3. The topological polar surface area (TPSA) is 58.7 Å². The van der Waals surface area contributed by atoms with Crippen LogP contribution in [-0.2, 0) is 0 Å². The molecule has 5 rings (SSSR count). The summed E-state index contributed by atoms with van der Waals surface area (Å²) in [7, 11) is 0. The van der Waals surface area contributed by atoms with Crippen LogP contribution in [-0.4, -0.2) is 15.5 Å². The van der Waals surface area contributed by atoms with Crippen molar-refractivity contribution in [3.63, 3.8) is 0 Å². The highest BCUT2D eigenvalue weighted by atomic mass is 35.5. The molecule has 0 N–H and O–H groups in total. The average Bonchev–Trinajstić information content (AvgIpc) is 3.16. The molecule has 0 spiro atoms. The number of hydrogen-bond acceptors (Lipinski definition) is 3. The molecule has 30 heavy (non-hydrogen) atoms. The van der Waals surface area contributed by atoms with Gasteiger partial charge in [0.25, 0.3) is 5.91 Å². The fourth-order valence-electron chi connectivity index (χ4n) is 3.68. The summed E-state index contributed by atoms with van der Waals surface area (Å²) in [5.41, 5.74) is 3.17. The highest BCUT2D eigenvalue weighted by Gasteiger charge is 2.21. The summed E-state index contributed by atoms with van der Waals surface area (Å²) in [4.78, 5) is 18.3. The zero-order valence-corrected chi connectivity index (χ0v) is 16.5. The van der Waals surface area contributed by atoms with Gasteiger partial charge in [-0.2, -0.15) is 5.26 Å². The number of aromatic nitrogens is 2. The lowest BCUT2D eigenvalue weighted by Gasteiger charge is -2.10. The van der Waals surface area contributed by atoms with Gasteiger partial charge >= 0.3 is 0 Å². The van der Waals surface area contributed by atoms with Crippen LogP contribution in [0.25, 0.3) is 33.2 Å². The Morgan fingerprint density at radius 3 is 2.50 bits per heavy atom. The van der Waals surface area contributed by atoms with Gasteiger partial charge in [-0.3, -0.25) is 9.36 Å². The SMILES string of the molecule is N#Cc1ccc(C(=O)n2c(-c3cccc4ccccc34)nc3cc(Cl)ccc32)cc1. The van der Waals surface area contributed by atoms with Crippen LogP contribution in [0.15, 0.2) is 84.9 Å². The number of carbonyl (C=O) groups is 1. The van der Waals surface area contributed by atoms with Crippen molar-refractivity contribution in [3.8, 4) is 17.5 Å². The number of fused-ring (bicyclic) bond motifs is 2. The molecule has 0 fully saturated rings. The maximum absolute atomic E-state index is 13.5. The first-order valence-corrected chi connectivity index (χ1v) is 9.74. The Morgan fingerprint density at radius 2 is 1.70 bits per heavy atom. The standard InChI is InChI=1S/C25H14ClN3O/c26-19-12-13-23-22(14-19)28-24(21-7-3-5-17-4-1-2-6-20(17)21)29(23)25(30)18-10-8-16(15-27)9-11-18/h1-14H. The lowest BCUT2D eigenvalue weighted by Crippen LogP contribution is -2.13. The van der Waals surface area contributed by atoms with Gasteiger partial charge in [-0.1, -0.05) is 54.1 Å². The summed E-state index contributed by atoms with van der Waals surface area (Å²) < 4.78 is 1.62. The first-order valence-electron chi connectivity index (χ1n) is 9.37. The first-order chi connectivity index (χ1) is 14.7. The molecule has 1 heterocycles. The molecule has 0 amide bonds. The van der Waals surface area contributed by atoms with Crippen LogP contribution in [0, 0.1) is 11.3 Å². The predicted octanol–water partition coefficient (Wildman–Crippen LogP) is 6.07. The van der Waals surface area contributed by atoms with E-state index in [0.717, 1.165) is 16.3 Å². The third-order valence-corrected chi connectivity index (χ3v) is 5.35. The van der Waals surface area contributed by atoms with E-state index in [2.05, 4.69) is 6.07 Å². The number of imidazole rings is 1. The van der Waals surface area contributed by atoms with Crippen molar-refractivity contribution in [2.24, 2.45) is 0 Å². The van der Waals surface area contributed by atoms with Gasteiger partial charge in [0.2, 0.25) is 0 Å². The molecular formula is C25H14ClN3O. The molecule has 5 aromatic rings. The largest absolute Gasteiger partial charge is 0.268 e. The fraction of sp³-hybridized carbons (Fsp3) is 0. The van der Waals surface area contributed by atoms with Crippen molar-refractivity contribution < 1.29 is 4.79 Å². The van der Waals surface area contributed by atoms with Crippen LogP contribution in [0.5, 0.6) is 0 Å². The molecule has 142 valence electrons. The molecule has 0 unspecified atom stereocenters. The van der Waals surface area contributed by atoms with E-state index in [0.29, 0.717) is 33.0 Å². The Balaban J connectivity index is 1.80. The second kappa shape index (κ2) is 7.14. The molecule has 0 saturated heterocycles. The van der Waals surface area contributed by atoms with Crippen LogP contribution in [0.4, 0.5) is 0 Å². The van der Waals surface area contributed by atoms with Gasteiger partial charge in [0.15, 0.2) is 0 Å². The predicted molar refractivity (Wildman–Crippen MR) is 119 cm³/mol. The Hall–Kier alpha value is -3.94. The first kappa shape index (κ1) is 18.1. The Labute approximate surface area is 177 Å². The second-order valence-electron chi connectivity index (χ2n) is 6.92. The quantitative estimate of drug-likeness (QED) is 0.357. The van der Waals surface area contributed by atoms with E-state index in [1.54, 1.807) is 47.0 Å². The minimum absolute atomic E-state index is 0.216. The Morgan fingerprint density at radius 1 is 0.933 bits per heavy atom. The number of benzene rings is 4. The number of carbonyl (C=O) groups excluding carboxylic acids is 1. The van der Waals surface area contributed by atoms with Crippen LogP contribution in [0.1, 0.15) is 15.9 Å². The van der Waals surface area contributed by atoms with E-state index in [1.807, 2.05) is 42.5 Å². The van der Waals surface area contributed by atoms with E-state index < -0.39 is 0 Å². The lowest BCUT2D eigenvalue weighted by atomic mass is 10.0. The van der Waals surface area contributed by atoms with Crippen molar-refractivity contribution in [2.75, 3.05) is 0 Å². The van der Waals surface area contributed by atoms with E-state index >= 15 is 0 Å². The van der Waals surface area contributed by atoms with Gasteiger partial charge in [0.1, 0.15) is 5.82 Å². The lowest BCUT2D eigenvalue weighted by molar-refractivity contribution is 0.0966. The molecule has 0 aliphatic heterocycles. The number of rotatable bonds is 2. The van der Waals surface area contributed by atoms with Crippen molar-refractivity contribution in [1.82, 2.24) is 9.55 Å². The third-order valence-electron chi connectivity index (χ3n) is 5.11. The normalized spacial score (nSPS) is 10.9. The van der Waals surface area contributed by atoms with Gasteiger partial charge in [0.05, 0.1) is 22.7 Å². The van der Waals surface area contributed by atoms with Gasteiger partial charge in [-0.05, 0) is 53.2 Å². The maximum Gasteiger partial charge on any atom is 0.264 e. The van der Waals surface area contributed by atoms with Gasteiger partial charge in [-0.25, -0.2) is 4.98 Å². The molecule has 0 aliphatic rings. The van der Waals surface area contributed by atoms with E-state index in [-0.39, 0.29) is 5.91 Å². The van der Waals surface area contributed by atoms with Crippen molar-refractivity contribution in [1.29, 1.82) is 5.26 Å². The van der Waals surface area contributed by atoms with Crippen LogP contribution in [0.2, 0.25) is 5.02 Å². The highest BCUT2D eigenvalue weighted by Crippen LogP contribution is 2.32. The minimum atomic E-state index is -0.216. The van der Waals surface area contributed by atoms with Crippen molar-refractivity contribution in [2.45, 2.75) is 0 Å². The fourth-order valence-corrected chi connectivity index (χ4v) is 3.84. The van der Waals surface area contributed by atoms with Crippen LogP contribution in [0.3, 0.4) is 0 Å². The van der Waals surface area contributed by atoms with Crippen molar-refractivity contribution in [3.05, 3.63) is 101 Å². The molecular weight excluding hydrogens is 394 g/mol. The summed E-state index contributed by atoms with van der Waals surface area (Å²) >= 11 is 6.19. The summed E-state index contributed by atoms with van der Waals surface area (Å²) in [5, 5.41) is 11.7. The second-order valence-corrected chi connectivity index (χ2v) is 7.36. The molecule has 0 radical (unpaired) electrons.